The number of aliphatic hydroxyl groups is 1. The highest BCUT2D eigenvalue weighted by Gasteiger charge is 2.57. The summed E-state index contributed by atoms with van der Waals surface area (Å²) in [6.45, 7) is 8.44. The van der Waals surface area contributed by atoms with Crippen LogP contribution in [0, 0.1) is 35.0 Å². The molecule has 0 aromatic rings. The maximum Gasteiger partial charge on any atom is 0.150 e. The fourth-order valence-electron chi connectivity index (χ4n) is 8.09. The molecule has 162 valence electrons. The van der Waals surface area contributed by atoms with Gasteiger partial charge in [-0.15, -0.1) is 0 Å². The highest BCUT2D eigenvalue weighted by atomic mass is 16.5. The molecule has 7 atom stereocenters. The molecule has 0 radical (unpaired) electrons. The van der Waals surface area contributed by atoms with Gasteiger partial charge in [0.25, 0.3) is 0 Å². The Bertz CT molecular complexity index is 680. The van der Waals surface area contributed by atoms with E-state index in [-0.39, 0.29) is 11.3 Å². The summed E-state index contributed by atoms with van der Waals surface area (Å²) in [5.74, 6) is 3.70. The van der Waals surface area contributed by atoms with Gasteiger partial charge in [-0.05, 0) is 87.4 Å². The number of rotatable bonds is 3. The molecule has 4 heteroatoms. The predicted molar refractivity (Wildman–Crippen MR) is 113 cm³/mol. The van der Waals surface area contributed by atoms with Crippen LogP contribution in [0.5, 0.6) is 0 Å². The van der Waals surface area contributed by atoms with Gasteiger partial charge >= 0.3 is 0 Å². The van der Waals surface area contributed by atoms with Crippen molar-refractivity contribution in [2.45, 2.75) is 70.8 Å². The normalized spacial score (nSPS) is 47.7. The van der Waals surface area contributed by atoms with Crippen molar-refractivity contribution in [1.82, 2.24) is 4.90 Å². The molecule has 3 saturated carbocycles. The van der Waals surface area contributed by atoms with E-state index in [9.17, 15) is 9.90 Å². The van der Waals surface area contributed by atoms with E-state index in [0.29, 0.717) is 24.2 Å². The van der Waals surface area contributed by atoms with Crippen LogP contribution in [0.25, 0.3) is 0 Å². The number of hydrogen-bond acceptors (Lipinski definition) is 4. The molecule has 4 nitrogen and oxygen atoms in total. The molecule has 0 aromatic carbocycles. The summed E-state index contributed by atoms with van der Waals surface area (Å²) in [5, 5.41) is 10.5. The number of ketones is 1. The van der Waals surface area contributed by atoms with Gasteiger partial charge in [0, 0.05) is 19.0 Å². The minimum Gasteiger partial charge on any atom is -0.390 e. The Labute approximate surface area is 176 Å². The Balaban J connectivity index is 1.30. The topological polar surface area (TPSA) is 49.8 Å². The van der Waals surface area contributed by atoms with Gasteiger partial charge in [0.15, 0.2) is 0 Å². The summed E-state index contributed by atoms with van der Waals surface area (Å²) in [7, 11) is 0. The summed E-state index contributed by atoms with van der Waals surface area (Å²) in [6.07, 6.45) is 11.5. The minimum atomic E-state index is -0.497. The van der Waals surface area contributed by atoms with Gasteiger partial charge in [0.1, 0.15) is 5.78 Å². The molecule has 0 unspecified atom stereocenters. The van der Waals surface area contributed by atoms with Crippen LogP contribution in [0.15, 0.2) is 11.6 Å². The van der Waals surface area contributed by atoms with Crippen molar-refractivity contribution in [2.75, 3.05) is 32.8 Å². The van der Waals surface area contributed by atoms with E-state index in [1.54, 1.807) is 5.57 Å². The van der Waals surface area contributed by atoms with Crippen LogP contribution in [0.4, 0.5) is 0 Å². The summed E-state index contributed by atoms with van der Waals surface area (Å²) in [5.41, 5.74) is 1.25. The second-order valence-corrected chi connectivity index (χ2v) is 11.3. The van der Waals surface area contributed by atoms with Crippen LogP contribution < -0.4 is 0 Å². The molecular formula is C25H39NO3. The lowest BCUT2D eigenvalue weighted by Gasteiger charge is -2.54. The van der Waals surface area contributed by atoms with Crippen LogP contribution in [-0.4, -0.2) is 54.2 Å². The van der Waals surface area contributed by atoms with Gasteiger partial charge in [0.05, 0.1) is 25.4 Å². The van der Waals surface area contributed by atoms with Crippen molar-refractivity contribution < 1.29 is 14.6 Å². The number of carbonyl (C=O) groups is 1. The Hall–Kier alpha value is -0.710. The Morgan fingerprint density at radius 1 is 1.14 bits per heavy atom. The highest BCUT2D eigenvalue weighted by molar-refractivity contribution is 5.84. The Kier molecular flexibility index (Phi) is 5.20. The van der Waals surface area contributed by atoms with Crippen molar-refractivity contribution in [3.8, 4) is 0 Å². The zero-order chi connectivity index (χ0) is 20.2. The number of carbonyl (C=O) groups excluding carboxylic acids is 1. The molecule has 4 fully saturated rings. The summed E-state index contributed by atoms with van der Waals surface area (Å²) in [4.78, 5) is 15.6. The Morgan fingerprint density at radius 2 is 1.93 bits per heavy atom. The second-order valence-electron chi connectivity index (χ2n) is 11.3. The lowest BCUT2D eigenvalue weighted by atomic mass is 9.51. The first-order valence-electron chi connectivity index (χ1n) is 12.1. The molecule has 1 aliphatic heterocycles. The van der Waals surface area contributed by atoms with Crippen LogP contribution in [-0.2, 0) is 9.53 Å². The van der Waals surface area contributed by atoms with Crippen molar-refractivity contribution in [1.29, 1.82) is 0 Å². The molecule has 0 bridgehead atoms. The molecule has 5 rings (SSSR count). The van der Waals surface area contributed by atoms with E-state index < -0.39 is 5.60 Å². The van der Waals surface area contributed by atoms with Crippen molar-refractivity contribution in [3.05, 3.63) is 11.6 Å². The molecule has 0 amide bonds. The molecule has 0 spiro atoms. The zero-order valence-electron chi connectivity index (χ0n) is 18.4. The van der Waals surface area contributed by atoms with Gasteiger partial charge in [-0.1, -0.05) is 18.6 Å². The number of hydrogen-bond donors (Lipinski definition) is 1. The summed E-state index contributed by atoms with van der Waals surface area (Å²) in [6, 6.07) is 0. The smallest absolute Gasteiger partial charge is 0.150 e. The number of fused-ring (bicyclic) bond motifs is 5. The van der Waals surface area contributed by atoms with Crippen LogP contribution in [0.1, 0.15) is 65.2 Å². The third-order valence-electron chi connectivity index (χ3n) is 9.59. The lowest BCUT2D eigenvalue weighted by molar-refractivity contribution is -0.131. The van der Waals surface area contributed by atoms with Gasteiger partial charge in [-0.25, -0.2) is 0 Å². The predicted octanol–water partition coefficient (Wildman–Crippen LogP) is 3.83. The van der Waals surface area contributed by atoms with E-state index in [1.807, 2.05) is 6.92 Å². The first-order chi connectivity index (χ1) is 13.9. The molecule has 5 aliphatic rings. The first-order valence-corrected chi connectivity index (χ1v) is 12.1. The monoisotopic (exact) mass is 401 g/mol. The largest absolute Gasteiger partial charge is 0.390 e. The van der Waals surface area contributed by atoms with E-state index >= 15 is 0 Å². The van der Waals surface area contributed by atoms with E-state index in [1.165, 1.54) is 25.7 Å². The first kappa shape index (κ1) is 20.2. The minimum absolute atomic E-state index is 0.204. The van der Waals surface area contributed by atoms with Gasteiger partial charge in [-0.3, -0.25) is 9.69 Å². The van der Waals surface area contributed by atoms with Gasteiger partial charge in [-0.2, -0.15) is 0 Å². The van der Waals surface area contributed by atoms with Crippen LogP contribution in [0.2, 0.25) is 0 Å². The third-order valence-corrected chi connectivity index (χ3v) is 9.59. The lowest BCUT2D eigenvalue weighted by Crippen LogP contribution is -2.49. The van der Waals surface area contributed by atoms with Crippen molar-refractivity contribution >= 4 is 5.78 Å². The quantitative estimate of drug-likeness (QED) is 0.730. The third kappa shape index (κ3) is 3.53. The average Bonchev–Trinajstić information content (AvgIpc) is 3.05. The summed E-state index contributed by atoms with van der Waals surface area (Å²) >= 11 is 0. The van der Waals surface area contributed by atoms with Crippen LogP contribution >= 0.6 is 0 Å². The molecule has 1 N–H and O–H groups in total. The van der Waals surface area contributed by atoms with Gasteiger partial charge in [0.2, 0.25) is 0 Å². The number of ether oxygens (including phenoxy) is 1. The fraction of sp³-hybridized carbons (Fsp3) is 0.880. The zero-order valence-corrected chi connectivity index (χ0v) is 18.4. The van der Waals surface area contributed by atoms with E-state index in [4.69, 9.17) is 4.74 Å². The van der Waals surface area contributed by atoms with Crippen LogP contribution in [0.3, 0.4) is 0 Å². The average molecular weight is 402 g/mol. The number of nitrogens with zero attached hydrogens (tertiary/aromatic N) is 1. The molecule has 1 saturated heterocycles. The molecular weight excluding hydrogens is 362 g/mol. The molecule has 4 aliphatic carbocycles. The van der Waals surface area contributed by atoms with E-state index in [0.717, 1.165) is 63.8 Å². The van der Waals surface area contributed by atoms with Crippen molar-refractivity contribution in [2.24, 2.45) is 35.0 Å². The number of allylic oxidation sites excluding steroid dienone is 1. The van der Waals surface area contributed by atoms with Crippen molar-refractivity contribution in [3.63, 3.8) is 0 Å². The van der Waals surface area contributed by atoms with Gasteiger partial charge < -0.3 is 9.84 Å². The highest BCUT2D eigenvalue weighted by Crippen LogP contribution is 2.63. The van der Waals surface area contributed by atoms with E-state index in [2.05, 4.69) is 17.9 Å². The SMILES string of the molecule is C[C@@]1(O)CC[C@H]2C(=CC[C@@H]3[C@@H]2CC[C@]2(C)[C@@H](C(=O)CN4CCOCC4)CC[C@@H]32)C1. The Morgan fingerprint density at radius 3 is 2.72 bits per heavy atom. The standard InChI is InChI=1S/C25H39NO3/c1-24(28)9-7-18-17(15-24)3-4-20-19(18)8-10-25(2)21(20)5-6-22(25)23(27)16-26-11-13-29-14-12-26/h3,18-22,28H,4-16H2,1-2H3/t18-,19+,20+,21-,22+,24+,25-/m0/s1. The number of morpholine rings is 1. The fourth-order valence-corrected chi connectivity index (χ4v) is 8.09. The second kappa shape index (κ2) is 7.46. The summed E-state index contributed by atoms with van der Waals surface area (Å²) < 4.78 is 5.45. The molecule has 1 heterocycles. The maximum atomic E-state index is 13.3. The number of Topliss-reactive ketones (excluding diaryl/α,β-unsaturated/α-hetero) is 1. The molecule has 0 aromatic heterocycles. The maximum absolute atomic E-state index is 13.3. The molecule has 29 heavy (non-hydrogen) atoms.